The lowest BCUT2D eigenvalue weighted by molar-refractivity contribution is -0.186. The molecule has 3 heterocycles. The Labute approximate surface area is 161 Å². The molecule has 2 N–H and O–H groups in total. The molecule has 3 fully saturated rings. The minimum atomic E-state index is -0.499. The quantitative estimate of drug-likeness (QED) is 0.747. The highest BCUT2D eigenvalue weighted by Gasteiger charge is 2.52. The van der Waals surface area contributed by atoms with Crippen molar-refractivity contribution in [3.05, 3.63) is 29.8 Å². The van der Waals surface area contributed by atoms with Crippen molar-refractivity contribution < 1.29 is 14.6 Å². The average Bonchev–Trinajstić information content (AvgIpc) is 3.08. The maximum atomic E-state index is 11.1. The van der Waals surface area contributed by atoms with E-state index in [0.29, 0.717) is 13.2 Å². The van der Waals surface area contributed by atoms with Gasteiger partial charge in [0.05, 0.1) is 24.8 Å². The molecule has 0 spiro atoms. The van der Waals surface area contributed by atoms with Crippen LogP contribution in [0.25, 0.3) is 0 Å². The van der Waals surface area contributed by atoms with E-state index in [1.54, 1.807) is 0 Å². The Kier molecular flexibility index (Phi) is 5.68. The summed E-state index contributed by atoms with van der Waals surface area (Å²) in [6.45, 7) is 5.14. The fourth-order valence-electron chi connectivity index (χ4n) is 4.31. The van der Waals surface area contributed by atoms with Gasteiger partial charge < -0.3 is 29.7 Å². The standard InChI is InChI=1S/C20H32N4O3/c1-22(2)15-6-4-14(5-7-15)12-21-17-16-13-26-20(27-16)18(19(17)25)24-10-8-23(3)9-11-24/h4-7,16-21,25H,8-13H2,1-3H3. The molecule has 5 unspecified atom stereocenters. The van der Waals surface area contributed by atoms with E-state index >= 15 is 0 Å². The third kappa shape index (κ3) is 3.99. The zero-order valence-electron chi connectivity index (χ0n) is 16.5. The molecular weight excluding hydrogens is 344 g/mol. The third-order valence-corrected chi connectivity index (χ3v) is 6.09. The summed E-state index contributed by atoms with van der Waals surface area (Å²) in [5, 5.41) is 14.7. The largest absolute Gasteiger partial charge is 0.390 e. The molecule has 5 atom stereocenters. The molecule has 3 aliphatic heterocycles. The number of hydrogen-bond acceptors (Lipinski definition) is 7. The van der Waals surface area contributed by atoms with Gasteiger partial charge in [0, 0.05) is 52.5 Å². The Balaban J connectivity index is 1.41. The zero-order chi connectivity index (χ0) is 19.0. The number of aliphatic hydroxyl groups excluding tert-OH is 1. The second-order valence-corrected chi connectivity index (χ2v) is 8.16. The molecule has 150 valence electrons. The van der Waals surface area contributed by atoms with Gasteiger partial charge in [-0.15, -0.1) is 0 Å². The molecule has 0 saturated carbocycles. The highest BCUT2D eigenvalue weighted by molar-refractivity contribution is 5.45. The lowest BCUT2D eigenvalue weighted by Crippen LogP contribution is -2.66. The third-order valence-electron chi connectivity index (χ3n) is 6.09. The predicted octanol–water partition coefficient (Wildman–Crippen LogP) is -0.0572. The molecule has 0 aliphatic carbocycles. The molecule has 4 rings (SSSR count). The van der Waals surface area contributed by atoms with Gasteiger partial charge >= 0.3 is 0 Å². The summed E-state index contributed by atoms with van der Waals surface area (Å²) >= 11 is 0. The summed E-state index contributed by atoms with van der Waals surface area (Å²) in [5.74, 6) is 0. The van der Waals surface area contributed by atoms with E-state index < -0.39 is 6.10 Å². The summed E-state index contributed by atoms with van der Waals surface area (Å²) in [4.78, 5) is 6.74. The first kappa shape index (κ1) is 19.1. The van der Waals surface area contributed by atoms with Crippen molar-refractivity contribution in [1.82, 2.24) is 15.1 Å². The Morgan fingerprint density at radius 2 is 1.85 bits per heavy atom. The lowest BCUT2D eigenvalue weighted by atomic mass is 9.94. The number of nitrogens with zero attached hydrogens (tertiary/aromatic N) is 3. The maximum absolute atomic E-state index is 11.1. The van der Waals surface area contributed by atoms with E-state index in [0.717, 1.165) is 26.2 Å². The van der Waals surface area contributed by atoms with Crippen LogP contribution in [-0.2, 0) is 16.0 Å². The normalized spacial score (nSPS) is 34.7. The number of piperazine rings is 1. The van der Waals surface area contributed by atoms with Gasteiger partial charge in [-0.3, -0.25) is 4.90 Å². The van der Waals surface area contributed by atoms with Gasteiger partial charge in [-0.2, -0.15) is 0 Å². The first-order valence-electron chi connectivity index (χ1n) is 9.90. The van der Waals surface area contributed by atoms with Crippen LogP contribution in [0.1, 0.15) is 5.56 Å². The van der Waals surface area contributed by atoms with Gasteiger partial charge in [0.2, 0.25) is 0 Å². The number of likely N-dealkylation sites (N-methyl/N-ethyl adjacent to an activating group) is 1. The van der Waals surface area contributed by atoms with Crippen molar-refractivity contribution >= 4 is 5.69 Å². The first-order chi connectivity index (χ1) is 13.0. The van der Waals surface area contributed by atoms with Crippen molar-refractivity contribution in [2.45, 2.75) is 37.1 Å². The monoisotopic (exact) mass is 376 g/mol. The van der Waals surface area contributed by atoms with Gasteiger partial charge in [0.15, 0.2) is 6.29 Å². The van der Waals surface area contributed by atoms with Crippen LogP contribution in [0.2, 0.25) is 0 Å². The second-order valence-electron chi connectivity index (χ2n) is 8.16. The number of anilines is 1. The number of benzene rings is 1. The molecule has 1 aromatic carbocycles. The van der Waals surface area contributed by atoms with Crippen molar-refractivity contribution in [3.63, 3.8) is 0 Å². The number of fused-ring (bicyclic) bond motifs is 2. The number of hydrogen-bond donors (Lipinski definition) is 2. The summed E-state index contributed by atoms with van der Waals surface area (Å²) in [7, 11) is 6.22. The maximum Gasteiger partial charge on any atom is 0.176 e. The number of nitrogens with one attached hydrogen (secondary N) is 1. The van der Waals surface area contributed by atoms with E-state index in [1.165, 1.54) is 11.3 Å². The van der Waals surface area contributed by atoms with Crippen LogP contribution in [0.3, 0.4) is 0 Å². The second kappa shape index (κ2) is 8.03. The molecule has 7 nitrogen and oxygen atoms in total. The van der Waals surface area contributed by atoms with E-state index in [1.807, 2.05) is 14.1 Å². The number of rotatable bonds is 5. The summed E-state index contributed by atoms with van der Waals surface area (Å²) in [6.07, 6.45) is -0.902. The fourth-order valence-corrected chi connectivity index (χ4v) is 4.31. The van der Waals surface area contributed by atoms with Crippen LogP contribution in [0.5, 0.6) is 0 Å². The predicted molar refractivity (Wildman–Crippen MR) is 105 cm³/mol. The molecule has 3 aliphatic rings. The Hall–Kier alpha value is -1.22. The smallest absolute Gasteiger partial charge is 0.176 e. The summed E-state index contributed by atoms with van der Waals surface area (Å²) < 4.78 is 12.0. The highest BCUT2D eigenvalue weighted by Crippen LogP contribution is 2.32. The number of aliphatic hydroxyl groups is 1. The Morgan fingerprint density at radius 1 is 1.15 bits per heavy atom. The minimum absolute atomic E-state index is 0.0882. The molecular formula is C20H32N4O3. The number of ether oxygens (including phenoxy) is 2. The topological polar surface area (TPSA) is 60.4 Å². The van der Waals surface area contributed by atoms with Crippen molar-refractivity contribution in [2.75, 3.05) is 58.8 Å². The molecule has 27 heavy (non-hydrogen) atoms. The van der Waals surface area contributed by atoms with Crippen LogP contribution in [0.15, 0.2) is 24.3 Å². The first-order valence-corrected chi connectivity index (χ1v) is 9.90. The fraction of sp³-hybridized carbons (Fsp3) is 0.700. The zero-order valence-corrected chi connectivity index (χ0v) is 16.5. The minimum Gasteiger partial charge on any atom is -0.390 e. The SMILES string of the molecule is CN1CCN(C2C3OCC(O3)C(NCc3ccc(N(C)C)cc3)C2O)CC1. The molecule has 0 aromatic heterocycles. The van der Waals surface area contributed by atoms with Gasteiger partial charge in [0.25, 0.3) is 0 Å². The van der Waals surface area contributed by atoms with Gasteiger partial charge in [-0.1, -0.05) is 12.1 Å². The molecule has 0 radical (unpaired) electrons. The summed E-state index contributed by atoms with van der Waals surface area (Å²) in [6, 6.07) is 8.27. The van der Waals surface area contributed by atoms with E-state index in [2.05, 4.69) is 51.3 Å². The molecule has 0 amide bonds. The molecule has 7 heteroatoms. The Bertz CT molecular complexity index is 618. The van der Waals surface area contributed by atoms with Gasteiger partial charge in [-0.05, 0) is 24.7 Å². The van der Waals surface area contributed by atoms with E-state index in [4.69, 9.17) is 9.47 Å². The average molecular weight is 377 g/mol. The van der Waals surface area contributed by atoms with Crippen molar-refractivity contribution in [3.8, 4) is 0 Å². The Morgan fingerprint density at radius 3 is 2.52 bits per heavy atom. The van der Waals surface area contributed by atoms with E-state index in [9.17, 15) is 5.11 Å². The lowest BCUT2D eigenvalue weighted by Gasteiger charge is -2.46. The van der Waals surface area contributed by atoms with Crippen molar-refractivity contribution in [1.29, 1.82) is 0 Å². The van der Waals surface area contributed by atoms with Crippen LogP contribution < -0.4 is 10.2 Å². The molecule has 3 saturated heterocycles. The van der Waals surface area contributed by atoms with Crippen molar-refractivity contribution in [2.24, 2.45) is 0 Å². The van der Waals surface area contributed by atoms with Crippen LogP contribution in [0.4, 0.5) is 5.69 Å². The summed E-state index contributed by atoms with van der Waals surface area (Å²) in [5.41, 5.74) is 2.38. The van der Waals surface area contributed by atoms with E-state index in [-0.39, 0.29) is 24.5 Å². The molecule has 1 aromatic rings. The molecule has 2 bridgehead atoms. The van der Waals surface area contributed by atoms with Crippen LogP contribution in [0, 0.1) is 0 Å². The van der Waals surface area contributed by atoms with Crippen LogP contribution >= 0.6 is 0 Å². The highest BCUT2D eigenvalue weighted by atomic mass is 16.7. The van der Waals surface area contributed by atoms with Gasteiger partial charge in [0.1, 0.15) is 6.10 Å². The van der Waals surface area contributed by atoms with Crippen LogP contribution in [-0.4, -0.2) is 99.4 Å². The van der Waals surface area contributed by atoms with Gasteiger partial charge in [-0.25, -0.2) is 0 Å².